The molecule has 1 aromatic heterocycles. The van der Waals surface area contributed by atoms with Crippen molar-refractivity contribution >= 4 is 5.91 Å². The fraction of sp³-hybridized carbons (Fsp3) is 0.500. The zero-order chi connectivity index (χ0) is 23.9. The van der Waals surface area contributed by atoms with E-state index in [1.54, 1.807) is 23.1 Å². The van der Waals surface area contributed by atoms with Gasteiger partial charge in [-0.2, -0.15) is 0 Å². The molecule has 0 bridgehead atoms. The minimum Gasteiger partial charge on any atom is -0.488 e. The lowest BCUT2D eigenvalue weighted by molar-refractivity contribution is -0.119. The molecule has 1 aliphatic carbocycles. The number of benzene rings is 1. The van der Waals surface area contributed by atoms with Crippen molar-refractivity contribution in [3.05, 3.63) is 53.5 Å². The number of fused-ring (bicyclic) bond motifs is 1. The van der Waals surface area contributed by atoms with E-state index in [2.05, 4.69) is 4.98 Å². The molecule has 10 heteroatoms. The van der Waals surface area contributed by atoms with Crippen LogP contribution in [0.2, 0.25) is 0 Å². The number of amides is 1. The number of aromatic nitrogens is 1. The number of carbonyl (C=O) groups excluding carboxylic acids is 1. The molecule has 3 aliphatic rings. The number of alkyl halides is 2. The molecule has 182 valence electrons. The van der Waals surface area contributed by atoms with E-state index >= 15 is 0 Å². The summed E-state index contributed by atoms with van der Waals surface area (Å²) >= 11 is 0. The largest absolute Gasteiger partial charge is 0.488 e. The lowest BCUT2D eigenvalue weighted by Crippen LogP contribution is -2.53. The fourth-order valence-electron chi connectivity index (χ4n) is 4.90. The third kappa shape index (κ3) is 4.20. The highest BCUT2D eigenvalue weighted by Crippen LogP contribution is 2.44. The van der Waals surface area contributed by atoms with Crippen molar-refractivity contribution in [2.24, 2.45) is 5.92 Å². The van der Waals surface area contributed by atoms with E-state index in [0.29, 0.717) is 24.3 Å². The van der Waals surface area contributed by atoms with Crippen LogP contribution in [0.15, 0.2) is 36.4 Å². The summed E-state index contributed by atoms with van der Waals surface area (Å²) in [6.45, 7) is 0.823. The Labute approximate surface area is 194 Å². The molecule has 0 N–H and O–H groups in total. The number of likely N-dealkylation sites (tertiary alicyclic amines) is 1. The lowest BCUT2D eigenvalue weighted by Gasteiger charge is -2.41. The minimum absolute atomic E-state index is 0.0637. The standard InChI is InChI=1S/C24H25F3N2O5/c1-31-21-19(32-13-15-10-23(26,27)11-15)6-5-18(28-21)22(30)29-8-7-24(20(12-29)33-14-34-24)16-3-2-4-17(25)9-16/h2-6,9,15,20H,7-8,10-14H2,1H3/t20?,24-/m1/s1. The number of halogens is 3. The van der Waals surface area contributed by atoms with Gasteiger partial charge in [-0.05, 0) is 29.8 Å². The maximum Gasteiger partial charge on any atom is 0.272 e. The number of nitrogens with zero attached hydrogens (tertiary/aromatic N) is 2. The third-order valence-corrected chi connectivity index (χ3v) is 6.73. The molecule has 0 radical (unpaired) electrons. The molecule has 1 aromatic carbocycles. The predicted octanol–water partition coefficient (Wildman–Crippen LogP) is 3.77. The highest BCUT2D eigenvalue weighted by Gasteiger charge is 2.51. The Bertz CT molecular complexity index is 1080. The van der Waals surface area contributed by atoms with E-state index in [1.165, 1.54) is 25.3 Å². The van der Waals surface area contributed by atoms with Gasteiger partial charge in [-0.3, -0.25) is 4.79 Å². The van der Waals surface area contributed by atoms with E-state index in [4.69, 9.17) is 18.9 Å². The van der Waals surface area contributed by atoms with Gasteiger partial charge in [-0.15, -0.1) is 0 Å². The summed E-state index contributed by atoms with van der Waals surface area (Å²) in [4.78, 5) is 19.1. The zero-order valence-electron chi connectivity index (χ0n) is 18.6. The average molecular weight is 478 g/mol. The van der Waals surface area contributed by atoms with Crippen LogP contribution >= 0.6 is 0 Å². The molecule has 7 nitrogen and oxygen atoms in total. The first kappa shape index (κ1) is 22.9. The Balaban J connectivity index is 1.27. The summed E-state index contributed by atoms with van der Waals surface area (Å²) in [5, 5.41) is 0. The third-order valence-electron chi connectivity index (χ3n) is 6.73. The van der Waals surface area contributed by atoms with Gasteiger partial charge in [0, 0.05) is 31.7 Å². The van der Waals surface area contributed by atoms with Crippen LogP contribution in [0.5, 0.6) is 11.6 Å². The van der Waals surface area contributed by atoms with Crippen LogP contribution in [0, 0.1) is 11.7 Å². The van der Waals surface area contributed by atoms with Crippen molar-refractivity contribution in [3.8, 4) is 11.6 Å². The van der Waals surface area contributed by atoms with Gasteiger partial charge < -0.3 is 23.8 Å². The molecule has 2 atom stereocenters. The number of ether oxygens (including phenoxy) is 4. The Hall–Kier alpha value is -2.85. The highest BCUT2D eigenvalue weighted by molar-refractivity contribution is 5.92. The summed E-state index contributed by atoms with van der Waals surface area (Å²) in [5.41, 5.74) is 0.0456. The molecular formula is C24H25F3N2O5. The first-order chi connectivity index (χ1) is 16.3. The quantitative estimate of drug-likeness (QED) is 0.630. The van der Waals surface area contributed by atoms with Crippen molar-refractivity contribution in [2.45, 2.75) is 36.9 Å². The number of methoxy groups -OCH3 is 1. The highest BCUT2D eigenvalue weighted by atomic mass is 19.3. The molecule has 1 amide bonds. The minimum atomic E-state index is -2.61. The second-order valence-electron chi connectivity index (χ2n) is 8.96. The SMILES string of the molecule is COc1nc(C(=O)N2CC[C@]3(c4cccc(F)c4)OCOC3C2)ccc1OCC1CC(F)(F)C1. The Morgan fingerprint density at radius 1 is 1.26 bits per heavy atom. The summed E-state index contributed by atoms with van der Waals surface area (Å²) in [5.74, 6) is -3.09. The van der Waals surface area contributed by atoms with Gasteiger partial charge in [0.1, 0.15) is 30.0 Å². The monoisotopic (exact) mass is 478 g/mol. The van der Waals surface area contributed by atoms with Crippen LogP contribution in [-0.4, -0.2) is 61.4 Å². The molecule has 1 unspecified atom stereocenters. The van der Waals surface area contributed by atoms with Gasteiger partial charge in [-0.25, -0.2) is 18.2 Å². The van der Waals surface area contributed by atoms with Crippen LogP contribution in [0.25, 0.3) is 0 Å². The predicted molar refractivity (Wildman–Crippen MR) is 113 cm³/mol. The van der Waals surface area contributed by atoms with Crippen LogP contribution in [0.4, 0.5) is 13.2 Å². The molecule has 1 saturated carbocycles. The van der Waals surface area contributed by atoms with E-state index < -0.39 is 17.6 Å². The van der Waals surface area contributed by atoms with Crippen molar-refractivity contribution in [3.63, 3.8) is 0 Å². The number of hydrogen-bond donors (Lipinski definition) is 0. The molecule has 34 heavy (non-hydrogen) atoms. The molecule has 3 heterocycles. The van der Waals surface area contributed by atoms with Crippen LogP contribution in [-0.2, 0) is 15.1 Å². The smallest absolute Gasteiger partial charge is 0.272 e. The first-order valence-corrected chi connectivity index (χ1v) is 11.2. The molecule has 5 rings (SSSR count). The molecular weight excluding hydrogens is 453 g/mol. The van der Waals surface area contributed by atoms with Gasteiger partial charge >= 0.3 is 0 Å². The van der Waals surface area contributed by atoms with Crippen molar-refractivity contribution in [2.75, 3.05) is 33.6 Å². The van der Waals surface area contributed by atoms with Crippen LogP contribution in [0.1, 0.15) is 35.3 Å². The Morgan fingerprint density at radius 2 is 2.09 bits per heavy atom. The topological polar surface area (TPSA) is 70.1 Å². The lowest BCUT2D eigenvalue weighted by atomic mass is 9.82. The summed E-state index contributed by atoms with van der Waals surface area (Å²) in [6, 6.07) is 9.33. The summed E-state index contributed by atoms with van der Waals surface area (Å²) in [6.07, 6.45) is -0.398. The average Bonchev–Trinajstić information content (AvgIpc) is 3.25. The number of carbonyl (C=O) groups is 1. The maximum absolute atomic E-state index is 13.8. The number of pyridine rings is 1. The number of piperidine rings is 1. The van der Waals surface area contributed by atoms with Crippen molar-refractivity contribution in [1.29, 1.82) is 0 Å². The zero-order valence-corrected chi connectivity index (χ0v) is 18.6. The summed E-state index contributed by atoms with van der Waals surface area (Å²) in [7, 11) is 1.40. The molecule has 2 saturated heterocycles. The van der Waals surface area contributed by atoms with Gasteiger partial charge in [-0.1, -0.05) is 12.1 Å². The van der Waals surface area contributed by atoms with Gasteiger partial charge in [0.2, 0.25) is 5.92 Å². The molecule has 3 fully saturated rings. The van der Waals surface area contributed by atoms with Gasteiger partial charge in [0.25, 0.3) is 11.8 Å². The van der Waals surface area contributed by atoms with Gasteiger partial charge in [0.05, 0.1) is 20.3 Å². The van der Waals surface area contributed by atoms with E-state index in [1.807, 2.05) is 0 Å². The Morgan fingerprint density at radius 3 is 2.82 bits per heavy atom. The van der Waals surface area contributed by atoms with Crippen molar-refractivity contribution < 1.29 is 36.9 Å². The van der Waals surface area contributed by atoms with Crippen molar-refractivity contribution in [1.82, 2.24) is 9.88 Å². The fourth-order valence-corrected chi connectivity index (χ4v) is 4.90. The second kappa shape index (κ2) is 8.74. The van der Waals surface area contributed by atoms with E-state index in [9.17, 15) is 18.0 Å². The number of hydrogen-bond acceptors (Lipinski definition) is 6. The first-order valence-electron chi connectivity index (χ1n) is 11.2. The normalized spacial score (nSPS) is 26.0. The van der Waals surface area contributed by atoms with E-state index in [-0.39, 0.29) is 62.0 Å². The Kier molecular flexibility index (Phi) is 5.89. The molecule has 2 aromatic rings. The second-order valence-corrected chi connectivity index (χ2v) is 8.96. The maximum atomic E-state index is 13.8. The molecule has 0 spiro atoms. The van der Waals surface area contributed by atoms with E-state index in [0.717, 1.165) is 0 Å². The number of rotatable bonds is 6. The van der Waals surface area contributed by atoms with Crippen LogP contribution < -0.4 is 9.47 Å². The summed E-state index contributed by atoms with van der Waals surface area (Å²) < 4.78 is 62.5. The molecule has 2 aliphatic heterocycles. The van der Waals surface area contributed by atoms with Gasteiger partial charge in [0.15, 0.2) is 5.75 Å². The van der Waals surface area contributed by atoms with Crippen LogP contribution in [0.3, 0.4) is 0 Å².